The third-order valence-corrected chi connectivity index (χ3v) is 5.35. The first-order valence-corrected chi connectivity index (χ1v) is 8.52. The Morgan fingerprint density at radius 1 is 1.45 bits per heavy atom. The van der Waals surface area contributed by atoms with Crippen molar-refractivity contribution in [3.05, 3.63) is 16.6 Å². The Labute approximate surface area is 134 Å². The van der Waals surface area contributed by atoms with Crippen molar-refractivity contribution in [2.45, 2.75) is 13.0 Å². The SMILES string of the molecule is CN(C)C(=O)CN1CC[C@@H]2CN(Cc3nccs3)C[C@H]2C1=O. The van der Waals surface area contributed by atoms with Gasteiger partial charge in [0.05, 0.1) is 19.0 Å². The Morgan fingerprint density at radius 3 is 2.95 bits per heavy atom. The highest BCUT2D eigenvalue weighted by Crippen LogP contribution is 2.33. The van der Waals surface area contributed by atoms with Crippen molar-refractivity contribution in [1.29, 1.82) is 0 Å². The predicted octanol–water partition coefficient (Wildman–Crippen LogP) is 0.512. The molecule has 2 aliphatic heterocycles. The number of rotatable bonds is 4. The monoisotopic (exact) mass is 322 g/mol. The van der Waals surface area contributed by atoms with E-state index in [9.17, 15) is 9.59 Å². The van der Waals surface area contributed by atoms with Crippen molar-refractivity contribution in [2.24, 2.45) is 11.8 Å². The molecule has 0 bridgehead atoms. The zero-order valence-corrected chi connectivity index (χ0v) is 13.9. The van der Waals surface area contributed by atoms with Crippen LogP contribution in [0.1, 0.15) is 11.4 Å². The zero-order valence-electron chi connectivity index (χ0n) is 13.1. The van der Waals surface area contributed by atoms with Gasteiger partial charge < -0.3 is 9.80 Å². The van der Waals surface area contributed by atoms with Gasteiger partial charge in [0, 0.05) is 45.3 Å². The fourth-order valence-corrected chi connectivity index (χ4v) is 3.97. The number of carbonyl (C=O) groups is 2. The molecular weight excluding hydrogens is 300 g/mol. The number of hydrogen-bond acceptors (Lipinski definition) is 5. The van der Waals surface area contributed by atoms with Gasteiger partial charge >= 0.3 is 0 Å². The Balaban J connectivity index is 1.60. The largest absolute Gasteiger partial charge is 0.347 e. The molecule has 0 N–H and O–H groups in total. The average Bonchev–Trinajstić information content (AvgIpc) is 3.11. The molecule has 0 radical (unpaired) electrons. The molecule has 3 heterocycles. The number of fused-ring (bicyclic) bond motifs is 1. The van der Waals surface area contributed by atoms with Crippen molar-refractivity contribution in [2.75, 3.05) is 40.3 Å². The van der Waals surface area contributed by atoms with E-state index in [-0.39, 0.29) is 24.3 Å². The minimum atomic E-state index is -0.00978. The van der Waals surface area contributed by atoms with E-state index < -0.39 is 0 Å². The van der Waals surface area contributed by atoms with Gasteiger partial charge in [-0.1, -0.05) is 0 Å². The number of hydrogen-bond donors (Lipinski definition) is 0. The van der Waals surface area contributed by atoms with Crippen LogP contribution in [-0.4, -0.2) is 71.8 Å². The summed E-state index contributed by atoms with van der Waals surface area (Å²) in [6.07, 6.45) is 2.81. The van der Waals surface area contributed by atoms with E-state index in [2.05, 4.69) is 9.88 Å². The summed E-state index contributed by atoms with van der Waals surface area (Å²) in [5.41, 5.74) is 0. The van der Waals surface area contributed by atoms with Crippen LogP contribution in [0.25, 0.3) is 0 Å². The molecule has 2 aliphatic rings. The Morgan fingerprint density at radius 2 is 2.27 bits per heavy atom. The maximum atomic E-state index is 12.6. The molecule has 2 fully saturated rings. The van der Waals surface area contributed by atoms with E-state index in [1.807, 2.05) is 11.6 Å². The molecule has 0 unspecified atom stereocenters. The van der Waals surface area contributed by atoms with E-state index in [1.165, 1.54) is 0 Å². The standard InChI is InChI=1S/C15H22N4O2S/c1-17(2)14(20)10-19-5-3-11-7-18(8-12(11)15(19)21)9-13-16-4-6-22-13/h4,6,11-12H,3,5,7-10H2,1-2H3/t11-,12-/m1/s1. The van der Waals surface area contributed by atoms with Crippen LogP contribution in [0.2, 0.25) is 0 Å². The van der Waals surface area contributed by atoms with Crippen molar-refractivity contribution >= 4 is 23.2 Å². The highest BCUT2D eigenvalue weighted by Gasteiger charge is 2.43. The summed E-state index contributed by atoms with van der Waals surface area (Å²) >= 11 is 1.66. The van der Waals surface area contributed by atoms with Gasteiger partial charge in [-0.25, -0.2) is 4.98 Å². The van der Waals surface area contributed by atoms with Gasteiger partial charge in [-0.15, -0.1) is 11.3 Å². The third kappa shape index (κ3) is 3.15. The van der Waals surface area contributed by atoms with Gasteiger partial charge in [0.15, 0.2) is 0 Å². The fraction of sp³-hybridized carbons (Fsp3) is 0.667. The molecule has 3 rings (SSSR count). The van der Waals surface area contributed by atoms with Crippen LogP contribution in [0.5, 0.6) is 0 Å². The summed E-state index contributed by atoms with van der Waals surface area (Å²) in [5.74, 6) is 0.611. The molecule has 7 heteroatoms. The Hall–Kier alpha value is -1.47. The van der Waals surface area contributed by atoms with Crippen molar-refractivity contribution < 1.29 is 9.59 Å². The number of aromatic nitrogens is 1. The number of likely N-dealkylation sites (tertiary alicyclic amines) is 2. The molecule has 0 aromatic carbocycles. The van der Waals surface area contributed by atoms with Gasteiger partial charge in [0.25, 0.3) is 0 Å². The van der Waals surface area contributed by atoms with Crippen LogP contribution < -0.4 is 0 Å². The lowest BCUT2D eigenvalue weighted by Gasteiger charge is -2.34. The van der Waals surface area contributed by atoms with Crippen LogP contribution in [0.15, 0.2) is 11.6 Å². The van der Waals surface area contributed by atoms with Gasteiger partial charge in [-0.05, 0) is 12.3 Å². The summed E-state index contributed by atoms with van der Waals surface area (Å²) < 4.78 is 0. The van der Waals surface area contributed by atoms with Gasteiger partial charge in [0.2, 0.25) is 11.8 Å². The number of piperidine rings is 1. The Kier molecular flexibility index (Phi) is 4.44. The minimum absolute atomic E-state index is 0.00978. The molecule has 2 amide bonds. The highest BCUT2D eigenvalue weighted by atomic mass is 32.1. The molecule has 120 valence electrons. The van der Waals surface area contributed by atoms with E-state index in [1.54, 1.807) is 35.2 Å². The molecule has 1 aromatic rings. The number of nitrogens with zero attached hydrogens (tertiary/aromatic N) is 4. The summed E-state index contributed by atoms with van der Waals surface area (Å²) in [7, 11) is 3.45. The topological polar surface area (TPSA) is 56.8 Å². The van der Waals surface area contributed by atoms with Crippen molar-refractivity contribution in [3.63, 3.8) is 0 Å². The van der Waals surface area contributed by atoms with E-state index in [0.717, 1.165) is 31.1 Å². The van der Waals surface area contributed by atoms with Crippen LogP contribution in [-0.2, 0) is 16.1 Å². The maximum absolute atomic E-state index is 12.6. The molecule has 1 aromatic heterocycles. The van der Waals surface area contributed by atoms with Crippen molar-refractivity contribution in [1.82, 2.24) is 19.7 Å². The second-order valence-electron chi connectivity index (χ2n) is 6.32. The normalized spacial score (nSPS) is 25.4. The van der Waals surface area contributed by atoms with Gasteiger partial charge in [-0.3, -0.25) is 14.5 Å². The predicted molar refractivity (Wildman–Crippen MR) is 84.3 cm³/mol. The van der Waals surface area contributed by atoms with Crippen LogP contribution in [0.4, 0.5) is 0 Å². The van der Waals surface area contributed by atoms with E-state index in [0.29, 0.717) is 12.5 Å². The average molecular weight is 322 g/mol. The molecule has 6 nitrogen and oxygen atoms in total. The van der Waals surface area contributed by atoms with E-state index >= 15 is 0 Å². The first-order valence-electron chi connectivity index (χ1n) is 7.64. The number of likely N-dealkylation sites (N-methyl/N-ethyl adjacent to an activating group) is 1. The lowest BCUT2D eigenvalue weighted by Crippen LogP contribution is -2.49. The summed E-state index contributed by atoms with van der Waals surface area (Å²) in [6.45, 7) is 3.49. The quantitative estimate of drug-likeness (QED) is 0.811. The molecule has 0 spiro atoms. The third-order valence-electron chi connectivity index (χ3n) is 4.58. The lowest BCUT2D eigenvalue weighted by molar-refractivity contribution is -0.145. The molecular formula is C15H22N4O2S. The van der Waals surface area contributed by atoms with Crippen LogP contribution in [0.3, 0.4) is 0 Å². The first kappa shape index (κ1) is 15.4. The zero-order chi connectivity index (χ0) is 15.7. The summed E-state index contributed by atoms with van der Waals surface area (Å²) in [5, 5.41) is 3.09. The van der Waals surface area contributed by atoms with Gasteiger partial charge in [-0.2, -0.15) is 0 Å². The second-order valence-corrected chi connectivity index (χ2v) is 7.30. The number of thiazole rings is 1. The molecule has 2 atom stereocenters. The second kappa shape index (κ2) is 6.34. The van der Waals surface area contributed by atoms with Crippen molar-refractivity contribution in [3.8, 4) is 0 Å². The van der Waals surface area contributed by atoms with E-state index in [4.69, 9.17) is 0 Å². The first-order chi connectivity index (χ1) is 10.5. The number of amides is 2. The highest BCUT2D eigenvalue weighted by molar-refractivity contribution is 7.09. The lowest BCUT2D eigenvalue weighted by atomic mass is 9.88. The summed E-state index contributed by atoms with van der Waals surface area (Å²) in [6, 6.07) is 0. The smallest absolute Gasteiger partial charge is 0.241 e. The fourth-order valence-electron chi connectivity index (χ4n) is 3.31. The summed E-state index contributed by atoms with van der Waals surface area (Å²) in [4.78, 5) is 34.4. The van der Waals surface area contributed by atoms with Gasteiger partial charge in [0.1, 0.15) is 5.01 Å². The minimum Gasteiger partial charge on any atom is -0.347 e. The molecule has 2 saturated heterocycles. The molecule has 22 heavy (non-hydrogen) atoms. The van der Waals surface area contributed by atoms with Crippen LogP contribution >= 0.6 is 11.3 Å². The number of carbonyl (C=O) groups excluding carboxylic acids is 2. The molecule has 0 saturated carbocycles. The Bertz CT molecular complexity index is 546. The van der Waals surface area contributed by atoms with Crippen LogP contribution in [0, 0.1) is 11.8 Å². The maximum Gasteiger partial charge on any atom is 0.241 e. The molecule has 0 aliphatic carbocycles.